The number of nitrogens with zero attached hydrogens (tertiary/aromatic N) is 3. The zero-order chi connectivity index (χ0) is 7.94. The summed E-state index contributed by atoms with van der Waals surface area (Å²) in [5.41, 5.74) is 0.969. The molecule has 0 amide bonds. The lowest BCUT2D eigenvalue weighted by atomic mass is 10.2. The molecule has 0 saturated heterocycles. The molecule has 0 N–H and O–H groups in total. The molecular formula is C7H11N3O. The largest absolute Gasteiger partial charge is 0.385 e. The molecule has 0 bridgehead atoms. The lowest BCUT2D eigenvalue weighted by molar-refractivity contribution is 0.195. The maximum Gasteiger partial charge on any atom is 0.0665 e. The van der Waals surface area contributed by atoms with Gasteiger partial charge in [-0.3, -0.25) is 0 Å². The van der Waals surface area contributed by atoms with Gasteiger partial charge in [-0.25, -0.2) is 0 Å². The molecule has 0 atom stereocenters. The fourth-order valence-corrected chi connectivity index (χ4v) is 0.797. The van der Waals surface area contributed by atoms with Crippen LogP contribution in [-0.4, -0.2) is 29.1 Å². The van der Waals surface area contributed by atoms with Gasteiger partial charge in [-0.2, -0.15) is 0 Å². The van der Waals surface area contributed by atoms with E-state index < -0.39 is 0 Å². The summed E-state index contributed by atoms with van der Waals surface area (Å²) < 4.78 is 4.90. The zero-order valence-corrected chi connectivity index (χ0v) is 6.53. The van der Waals surface area contributed by atoms with E-state index in [1.807, 2.05) is 6.07 Å². The van der Waals surface area contributed by atoms with Crippen LogP contribution in [0.5, 0.6) is 0 Å². The van der Waals surface area contributed by atoms with Gasteiger partial charge in [-0.05, 0) is 24.1 Å². The molecule has 0 aliphatic rings. The Kier molecular flexibility index (Phi) is 3.47. The molecule has 0 radical (unpaired) electrons. The van der Waals surface area contributed by atoms with Crippen molar-refractivity contribution < 1.29 is 4.74 Å². The number of ether oxygens (including phenoxy) is 1. The predicted molar refractivity (Wildman–Crippen MR) is 40.0 cm³/mol. The first-order chi connectivity index (χ1) is 5.43. The van der Waals surface area contributed by atoms with E-state index in [1.165, 1.54) is 0 Å². The quantitative estimate of drug-likeness (QED) is 0.589. The van der Waals surface area contributed by atoms with Gasteiger partial charge in [-0.15, -0.1) is 10.2 Å². The number of methoxy groups -OCH3 is 1. The van der Waals surface area contributed by atoms with E-state index in [4.69, 9.17) is 4.74 Å². The molecule has 1 aromatic heterocycles. The number of hydrogen-bond donors (Lipinski definition) is 0. The van der Waals surface area contributed by atoms with E-state index in [0.717, 1.165) is 25.1 Å². The second-order valence-electron chi connectivity index (χ2n) is 2.21. The normalized spacial score (nSPS) is 9.91. The first kappa shape index (κ1) is 8.07. The van der Waals surface area contributed by atoms with E-state index >= 15 is 0 Å². The van der Waals surface area contributed by atoms with Crippen LogP contribution in [-0.2, 0) is 11.2 Å². The highest BCUT2D eigenvalue weighted by Crippen LogP contribution is 1.94. The van der Waals surface area contributed by atoms with Crippen LogP contribution in [0.3, 0.4) is 0 Å². The van der Waals surface area contributed by atoms with Crippen LogP contribution in [0, 0.1) is 0 Å². The lowest BCUT2D eigenvalue weighted by Gasteiger charge is -1.96. The first-order valence-electron chi connectivity index (χ1n) is 3.55. The van der Waals surface area contributed by atoms with Crippen molar-refractivity contribution in [2.24, 2.45) is 0 Å². The van der Waals surface area contributed by atoms with Crippen LogP contribution in [0.4, 0.5) is 0 Å². The van der Waals surface area contributed by atoms with Crippen molar-refractivity contribution in [2.45, 2.75) is 12.8 Å². The van der Waals surface area contributed by atoms with Crippen molar-refractivity contribution in [3.05, 3.63) is 18.0 Å². The van der Waals surface area contributed by atoms with Gasteiger partial charge in [0.15, 0.2) is 0 Å². The van der Waals surface area contributed by atoms with Gasteiger partial charge in [0.25, 0.3) is 0 Å². The summed E-state index contributed by atoms with van der Waals surface area (Å²) in [5, 5.41) is 10.9. The Bertz CT molecular complexity index is 190. The average Bonchev–Trinajstić information content (AvgIpc) is 2.07. The van der Waals surface area contributed by atoms with Crippen LogP contribution < -0.4 is 0 Å². The van der Waals surface area contributed by atoms with Crippen molar-refractivity contribution in [3.8, 4) is 0 Å². The number of rotatable bonds is 4. The molecule has 11 heavy (non-hydrogen) atoms. The molecule has 1 rings (SSSR count). The molecule has 0 fully saturated rings. The molecule has 1 aromatic rings. The Labute approximate surface area is 65.6 Å². The third-order valence-corrected chi connectivity index (χ3v) is 1.34. The average molecular weight is 153 g/mol. The minimum atomic E-state index is 0.768. The van der Waals surface area contributed by atoms with E-state index in [9.17, 15) is 0 Å². The van der Waals surface area contributed by atoms with Crippen LogP contribution in [0.25, 0.3) is 0 Å². The molecule has 4 heteroatoms. The fraction of sp³-hybridized carbons (Fsp3) is 0.571. The van der Waals surface area contributed by atoms with E-state index in [-0.39, 0.29) is 0 Å². The Morgan fingerprint density at radius 3 is 3.09 bits per heavy atom. The monoisotopic (exact) mass is 153 g/mol. The van der Waals surface area contributed by atoms with Crippen LogP contribution in [0.1, 0.15) is 12.1 Å². The van der Waals surface area contributed by atoms with Gasteiger partial charge < -0.3 is 4.74 Å². The molecule has 0 unspecified atom stereocenters. The Morgan fingerprint density at radius 2 is 2.45 bits per heavy atom. The third-order valence-electron chi connectivity index (χ3n) is 1.34. The fourth-order valence-electron chi connectivity index (χ4n) is 0.797. The highest BCUT2D eigenvalue weighted by Gasteiger charge is 1.92. The highest BCUT2D eigenvalue weighted by molar-refractivity contribution is 4.94. The molecule has 0 aliphatic carbocycles. The summed E-state index contributed by atoms with van der Waals surface area (Å²) in [4.78, 5) is 0. The lowest BCUT2D eigenvalue weighted by Crippen LogP contribution is -1.97. The van der Waals surface area contributed by atoms with Crippen LogP contribution in [0.2, 0.25) is 0 Å². The Morgan fingerprint density at radius 1 is 1.55 bits per heavy atom. The standard InChI is InChI=1S/C7H11N3O/c1-11-6-2-3-7-4-5-8-10-9-7/h4-5H,2-3,6H2,1H3. The summed E-state index contributed by atoms with van der Waals surface area (Å²) in [6.07, 6.45) is 3.54. The van der Waals surface area contributed by atoms with Gasteiger partial charge in [0.2, 0.25) is 0 Å². The summed E-state index contributed by atoms with van der Waals surface area (Å²) in [6.45, 7) is 0.768. The molecule has 60 valence electrons. The van der Waals surface area contributed by atoms with Gasteiger partial charge in [-0.1, -0.05) is 0 Å². The summed E-state index contributed by atoms with van der Waals surface area (Å²) >= 11 is 0. The molecule has 0 saturated carbocycles. The summed E-state index contributed by atoms with van der Waals surface area (Å²) in [7, 11) is 1.69. The predicted octanol–water partition coefficient (Wildman–Crippen LogP) is 0.451. The Balaban J connectivity index is 2.28. The van der Waals surface area contributed by atoms with Crippen molar-refractivity contribution >= 4 is 0 Å². The van der Waals surface area contributed by atoms with E-state index in [2.05, 4.69) is 15.4 Å². The number of aromatic nitrogens is 3. The van der Waals surface area contributed by atoms with Gasteiger partial charge in [0, 0.05) is 13.7 Å². The van der Waals surface area contributed by atoms with Crippen molar-refractivity contribution in [1.82, 2.24) is 15.4 Å². The molecule has 0 aromatic carbocycles. The highest BCUT2D eigenvalue weighted by atomic mass is 16.5. The SMILES string of the molecule is COCCCc1ccnnn1. The molecule has 0 spiro atoms. The molecule has 1 heterocycles. The van der Waals surface area contributed by atoms with Gasteiger partial charge in [0.1, 0.15) is 0 Å². The van der Waals surface area contributed by atoms with Crippen molar-refractivity contribution in [1.29, 1.82) is 0 Å². The molecular weight excluding hydrogens is 142 g/mol. The van der Waals surface area contributed by atoms with Crippen molar-refractivity contribution in [3.63, 3.8) is 0 Å². The number of aryl methyl sites for hydroxylation is 1. The second-order valence-corrected chi connectivity index (χ2v) is 2.21. The Hall–Kier alpha value is -1.03. The van der Waals surface area contributed by atoms with Gasteiger partial charge in [0.05, 0.1) is 11.9 Å². The molecule has 0 aliphatic heterocycles. The third kappa shape index (κ3) is 3.04. The molecule has 4 nitrogen and oxygen atoms in total. The maximum atomic E-state index is 4.90. The van der Waals surface area contributed by atoms with Crippen LogP contribution in [0.15, 0.2) is 12.3 Å². The minimum Gasteiger partial charge on any atom is -0.385 e. The van der Waals surface area contributed by atoms with Gasteiger partial charge >= 0.3 is 0 Å². The number of hydrogen-bond acceptors (Lipinski definition) is 4. The van der Waals surface area contributed by atoms with Crippen LogP contribution >= 0.6 is 0 Å². The summed E-state index contributed by atoms with van der Waals surface area (Å²) in [5.74, 6) is 0. The second kappa shape index (κ2) is 4.73. The van der Waals surface area contributed by atoms with Crippen molar-refractivity contribution in [2.75, 3.05) is 13.7 Å². The summed E-state index contributed by atoms with van der Waals surface area (Å²) in [6, 6.07) is 1.86. The topological polar surface area (TPSA) is 47.9 Å². The van der Waals surface area contributed by atoms with E-state index in [1.54, 1.807) is 13.3 Å². The maximum absolute atomic E-state index is 4.90. The smallest absolute Gasteiger partial charge is 0.0665 e. The first-order valence-corrected chi connectivity index (χ1v) is 3.55. The minimum absolute atomic E-state index is 0.768. The zero-order valence-electron chi connectivity index (χ0n) is 6.53. The van der Waals surface area contributed by atoms with E-state index in [0.29, 0.717) is 0 Å².